The number of amides is 1. The number of rotatable bonds is 3. The summed E-state index contributed by atoms with van der Waals surface area (Å²) < 4.78 is 0.714. The van der Waals surface area contributed by atoms with Crippen LogP contribution in [0.25, 0.3) is 0 Å². The predicted molar refractivity (Wildman–Crippen MR) is 78.9 cm³/mol. The van der Waals surface area contributed by atoms with Crippen LogP contribution in [0.5, 0.6) is 0 Å². The van der Waals surface area contributed by atoms with Crippen molar-refractivity contribution >= 4 is 21.8 Å². The van der Waals surface area contributed by atoms with E-state index < -0.39 is 5.54 Å². The molecule has 1 aromatic heterocycles. The summed E-state index contributed by atoms with van der Waals surface area (Å²) in [5, 5.41) is 3.01. The van der Waals surface area contributed by atoms with Gasteiger partial charge in [0, 0.05) is 6.20 Å². The van der Waals surface area contributed by atoms with Gasteiger partial charge in [0.1, 0.15) is 4.60 Å². The van der Waals surface area contributed by atoms with E-state index in [0.717, 1.165) is 5.56 Å². The summed E-state index contributed by atoms with van der Waals surface area (Å²) in [5.74, 6) is -0.131. The van der Waals surface area contributed by atoms with Gasteiger partial charge in [-0.1, -0.05) is 30.3 Å². The van der Waals surface area contributed by atoms with E-state index in [9.17, 15) is 4.79 Å². The Bertz CT molecular complexity index is 564. The molecule has 0 unspecified atom stereocenters. The van der Waals surface area contributed by atoms with Crippen LogP contribution in [0.1, 0.15) is 29.8 Å². The van der Waals surface area contributed by atoms with Gasteiger partial charge < -0.3 is 5.32 Å². The summed E-state index contributed by atoms with van der Waals surface area (Å²) in [6.07, 6.45) is 1.56. The molecule has 0 atom stereocenters. The summed E-state index contributed by atoms with van der Waals surface area (Å²) in [6.45, 7) is 3.96. The molecule has 2 aromatic rings. The molecule has 0 spiro atoms. The molecule has 4 heteroatoms. The maximum Gasteiger partial charge on any atom is 0.253 e. The molecule has 0 saturated carbocycles. The third-order valence-corrected chi connectivity index (χ3v) is 3.38. The third-order valence-electron chi connectivity index (χ3n) is 2.91. The lowest BCUT2D eigenvalue weighted by Gasteiger charge is -2.26. The van der Waals surface area contributed by atoms with Crippen molar-refractivity contribution in [2.45, 2.75) is 19.4 Å². The third kappa shape index (κ3) is 3.41. The van der Waals surface area contributed by atoms with Crippen molar-refractivity contribution in [2.24, 2.45) is 0 Å². The number of benzene rings is 1. The zero-order valence-corrected chi connectivity index (χ0v) is 12.4. The van der Waals surface area contributed by atoms with E-state index in [4.69, 9.17) is 0 Å². The highest BCUT2D eigenvalue weighted by molar-refractivity contribution is 9.10. The van der Waals surface area contributed by atoms with Gasteiger partial charge in [-0.05, 0) is 47.5 Å². The number of aromatic nitrogens is 1. The van der Waals surface area contributed by atoms with Crippen molar-refractivity contribution in [3.8, 4) is 0 Å². The molecule has 1 aromatic carbocycles. The largest absolute Gasteiger partial charge is 0.343 e. The molecule has 0 radical (unpaired) electrons. The van der Waals surface area contributed by atoms with Gasteiger partial charge in [0.05, 0.1) is 11.1 Å². The number of carbonyl (C=O) groups is 1. The van der Waals surface area contributed by atoms with Crippen LogP contribution in [0.2, 0.25) is 0 Å². The zero-order chi connectivity index (χ0) is 13.9. The van der Waals surface area contributed by atoms with Crippen molar-refractivity contribution in [1.29, 1.82) is 0 Å². The number of halogens is 1. The Morgan fingerprint density at radius 2 is 1.84 bits per heavy atom. The summed E-state index contributed by atoms with van der Waals surface area (Å²) in [6, 6.07) is 13.4. The quantitative estimate of drug-likeness (QED) is 0.880. The van der Waals surface area contributed by atoms with Crippen molar-refractivity contribution in [3.05, 3.63) is 64.4 Å². The van der Waals surface area contributed by atoms with Gasteiger partial charge >= 0.3 is 0 Å². The van der Waals surface area contributed by atoms with Crippen molar-refractivity contribution in [2.75, 3.05) is 0 Å². The Hall–Kier alpha value is -1.68. The molecule has 19 heavy (non-hydrogen) atoms. The zero-order valence-electron chi connectivity index (χ0n) is 10.9. The molecule has 3 nitrogen and oxygen atoms in total. The highest BCUT2D eigenvalue weighted by Gasteiger charge is 2.23. The SMILES string of the molecule is CC(C)(NC(=O)c1ccc(Br)nc1)c1ccccc1. The molecule has 0 aliphatic rings. The second-order valence-corrected chi connectivity index (χ2v) is 5.63. The molecule has 0 aliphatic carbocycles. The summed E-state index contributed by atoms with van der Waals surface area (Å²) in [5.41, 5.74) is 1.19. The number of hydrogen-bond donors (Lipinski definition) is 1. The number of pyridine rings is 1. The monoisotopic (exact) mass is 318 g/mol. The predicted octanol–water partition coefficient (Wildman–Crippen LogP) is 3.51. The molecular weight excluding hydrogens is 304 g/mol. The maximum absolute atomic E-state index is 12.2. The lowest BCUT2D eigenvalue weighted by Crippen LogP contribution is -2.41. The Balaban J connectivity index is 2.16. The van der Waals surface area contributed by atoms with Gasteiger partial charge in [-0.25, -0.2) is 4.98 Å². The smallest absolute Gasteiger partial charge is 0.253 e. The average Bonchev–Trinajstić information content (AvgIpc) is 2.40. The first kappa shape index (κ1) is 13.7. The minimum absolute atomic E-state index is 0.131. The second kappa shape index (κ2) is 5.53. The minimum atomic E-state index is -0.425. The Kier molecular flexibility index (Phi) is 4.00. The minimum Gasteiger partial charge on any atom is -0.343 e. The van der Waals surface area contributed by atoms with E-state index in [-0.39, 0.29) is 5.91 Å². The van der Waals surface area contributed by atoms with Gasteiger partial charge in [-0.3, -0.25) is 4.79 Å². The number of nitrogens with zero attached hydrogens (tertiary/aromatic N) is 1. The number of carbonyl (C=O) groups excluding carboxylic acids is 1. The van der Waals surface area contributed by atoms with Crippen LogP contribution in [0.3, 0.4) is 0 Å². The first-order valence-corrected chi connectivity index (χ1v) is 6.78. The van der Waals surface area contributed by atoms with E-state index in [1.54, 1.807) is 18.3 Å². The average molecular weight is 319 g/mol. The van der Waals surface area contributed by atoms with Crippen LogP contribution in [-0.4, -0.2) is 10.9 Å². The molecule has 0 saturated heterocycles. The first-order valence-electron chi connectivity index (χ1n) is 5.98. The highest BCUT2D eigenvalue weighted by Crippen LogP contribution is 2.20. The Morgan fingerprint density at radius 3 is 2.42 bits per heavy atom. The van der Waals surface area contributed by atoms with Crippen molar-refractivity contribution < 1.29 is 4.79 Å². The van der Waals surface area contributed by atoms with E-state index in [0.29, 0.717) is 10.2 Å². The summed E-state index contributed by atoms with van der Waals surface area (Å²) >= 11 is 3.25. The maximum atomic E-state index is 12.2. The lowest BCUT2D eigenvalue weighted by molar-refractivity contribution is 0.0911. The molecule has 0 bridgehead atoms. The fraction of sp³-hybridized carbons (Fsp3) is 0.200. The van der Waals surface area contributed by atoms with Gasteiger partial charge in [0.2, 0.25) is 0 Å². The normalized spacial score (nSPS) is 11.1. The first-order chi connectivity index (χ1) is 8.99. The Labute approximate surface area is 121 Å². The Morgan fingerprint density at radius 1 is 1.16 bits per heavy atom. The highest BCUT2D eigenvalue weighted by atomic mass is 79.9. The van der Waals surface area contributed by atoms with Crippen LogP contribution in [-0.2, 0) is 5.54 Å². The molecule has 1 N–H and O–H groups in total. The van der Waals surface area contributed by atoms with Crippen molar-refractivity contribution in [1.82, 2.24) is 10.3 Å². The summed E-state index contributed by atoms with van der Waals surface area (Å²) in [4.78, 5) is 16.2. The van der Waals surface area contributed by atoms with Gasteiger partial charge in [-0.2, -0.15) is 0 Å². The van der Waals surface area contributed by atoms with Crippen LogP contribution < -0.4 is 5.32 Å². The van der Waals surface area contributed by atoms with E-state index in [2.05, 4.69) is 26.2 Å². The molecule has 98 valence electrons. The van der Waals surface area contributed by atoms with Crippen molar-refractivity contribution in [3.63, 3.8) is 0 Å². The number of nitrogens with one attached hydrogen (secondary N) is 1. The van der Waals surface area contributed by atoms with Gasteiger partial charge in [0.25, 0.3) is 5.91 Å². The molecular formula is C15H15BrN2O. The summed E-state index contributed by atoms with van der Waals surface area (Å²) in [7, 11) is 0. The molecule has 0 fully saturated rings. The molecule has 1 heterocycles. The van der Waals surface area contributed by atoms with Crippen LogP contribution in [0, 0.1) is 0 Å². The standard InChI is InChI=1S/C15H15BrN2O/c1-15(2,12-6-4-3-5-7-12)18-14(19)11-8-9-13(16)17-10-11/h3-10H,1-2H3,(H,18,19). The van der Waals surface area contributed by atoms with E-state index in [1.807, 2.05) is 44.2 Å². The molecule has 2 rings (SSSR count). The van der Waals surface area contributed by atoms with Crippen LogP contribution in [0.15, 0.2) is 53.3 Å². The van der Waals surface area contributed by atoms with E-state index >= 15 is 0 Å². The van der Waals surface area contributed by atoms with Gasteiger partial charge in [0.15, 0.2) is 0 Å². The fourth-order valence-corrected chi connectivity index (χ4v) is 2.03. The van der Waals surface area contributed by atoms with Crippen LogP contribution in [0.4, 0.5) is 0 Å². The molecule has 1 amide bonds. The van der Waals surface area contributed by atoms with Gasteiger partial charge in [-0.15, -0.1) is 0 Å². The van der Waals surface area contributed by atoms with Crippen LogP contribution >= 0.6 is 15.9 Å². The molecule has 0 aliphatic heterocycles. The topological polar surface area (TPSA) is 42.0 Å². The second-order valence-electron chi connectivity index (χ2n) is 4.81. The lowest BCUT2D eigenvalue weighted by atomic mass is 9.94. The van der Waals surface area contributed by atoms with E-state index in [1.165, 1.54) is 0 Å². The number of hydrogen-bond acceptors (Lipinski definition) is 2. The fourth-order valence-electron chi connectivity index (χ4n) is 1.79.